The monoisotopic (exact) mass is 313 g/mol. The molecule has 1 fully saturated rings. The quantitative estimate of drug-likeness (QED) is 0.790. The zero-order valence-electron chi connectivity index (χ0n) is 12.0. The van der Waals surface area contributed by atoms with Gasteiger partial charge in [0.05, 0.1) is 6.54 Å². The van der Waals surface area contributed by atoms with E-state index >= 15 is 0 Å². The molecular weight excluding hydrogens is 298 g/mol. The van der Waals surface area contributed by atoms with Crippen molar-refractivity contribution < 1.29 is 9.59 Å². The number of benzene rings is 2. The molecule has 0 radical (unpaired) electrons. The standard InChI is InChI=1S/C18H16ClNO2/c19-14-8-6-13(7-9-14)16-12-17(16)18(22)20(10-11-21)15-4-2-1-3-5-15/h1-9,11,16-17H,10,12H2/t16-,17?/m1/s1. The molecular formula is C18H16ClNO2. The lowest BCUT2D eigenvalue weighted by molar-refractivity contribution is -0.121. The number of hydrogen-bond acceptors (Lipinski definition) is 2. The lowest BCUT2D eigenvalue weighted by atomic mass is 10.1. The Bertz CT molecular complexity index is 669. The van der Waals surface area contributed by atoms with E-state index in [9.17, 15) is 9.59 Å². The van der Waals surface area contributed by atoms with Crippen LogP contribution in [0.3, 0.4) is 0 Å². The molecule has 1 saturated carbocycles. The number of para-hydroxylation sites is 1. The van der Waals surface area contributed by atoms with Gasteiger partial charge in [-0.2, -0.15) is 0 Å². The largest absolute Gasteiger partial charge is 0.305 e. The minimum atomic E-state index is -0.0543. The molecule has 1 aliphatic carbocycles. The second-order valence-electron chi connectivity index (χ2n) is 5.45. The fourth-order valence-electron chi connectivity index (χ4n) is 2.75. The molecule has 0 saturated heterocycles. The van der Waals surface area contributed by atoms with Crippen LogP contribution in [0.1, 0.15) is 17.9 Å². The van der Waals surface area contributed by atoms with Crippen molar-refractivity contribution in [2.75, 3.05) is 11.4 Å². The summed E-state index contributed by atoms with van der Waals surface area (Å²) >= 11 is 5.89. The average molecular weight is 314 g/mol. The van der Waals surface area contributed by atoms with Gasteiger partial charge < -0.3 is 9.69 Å². The van der Waals surface area contributed by atoms with Crippen molar-refractivity contribution in [1.82, 2.24) is 0 Å². The van der Waals surface area contributed by atoms with E-state index in [0.29, 0.717) is 5.02 Å². The highest BCUT2D eigenvalue weighted by Gasteiger charge is 2.45. The van der Waals surface area contributed by atoms with Crippen LogP contribution < -0.4 is 4.90 Å². The molecule has 1 aliphatic rings. The minimum absolute atomic E-state index is 0.0123. The summed E-state index contributed by atoms with van der Waals surface area (Å²) in [6.07, 6.45) is 1.59. The smallest absolute Gasteiger partial charge is 0.231 e. The number of halogens is 1. The molecule has 3 nitrogen and oxygen atoms in total. The van der Waals surface area contributed by atoms with Gasteiger partial charge in [-0.15, -0.1) is 0 Å². The third-order valence-electron chi connectivity index (χ3n) is 4.00. The molecule has 3 rings (SSSR count). The van der Waals surface area contributed by atoms with Crippen molar-refractivity contribution in [1.29, 1.82) is 0 Å². The maximum absolute atomic E-state index is 12.7. The molecule has 0 aliphatic heterocycles. The van der Waals surface area contributed by atoms with Gasteiger partial charge in [0.25, 0.3) is 0 Å². The molecule has 2 aromatic carbocycles. The zero-order valence-corrected chi connectivity index (χ0v) is 12.7. The van der Waals surface area contributed by atoms with E-state index in [1.54, 1.807) is 4.90 Å². The molecule has 0 bridgehead atoms. The van der Waals surface area contributed by atoms with E-state index in [-0.39, 0.29) is 24.3 Å². The first-order valence-corrected chi connectivity index (χ1v) is 7.64. The first-order valence-electron chi connectivity index (χ1n) is 7.26. The summed E-state index contributed by atoms with van der Waals surface area (Å²) in [5.74, 6) is 0.183. The second kappa shape index (κ2) is 6.32. The van der Waals surface area contributed by atoms with Crippen LogP contribution in [-0.2, 0) is 9.59 Å². The Balaban J connectivity index is 1.75. The van der Waals surface area contributed by atoms with Gasteiger partial charge in [-0.1, -0.05) is 41.9 Å². The number of amides is 1. The highest BCUT2D eigenvalue weighted by Crippen LogP contribution is 2.48. The van der Waals surface area contributed by atoms with Crippen LogP contribution in [0, 0.1) is 5.92 Å². The van der Waals surface area contributed by atoms with E-state index in [2.05, 4.69) is 0 Å². The summed E-state index contributed by atoms with van der Waals surface area (Å²) in [7, 11) is 0. The van der Waals surface area contributed by atoms with Crippen molar-refractivity contribution in [3.63, 3.8) is 0 Å². The normalized spacial score (nSPS) is 19.5. The highest BCUT2D eigenvalue weighted by molar-refractivity contribution is 6.30. The Labute approximate surface area is 134 Å². The van der Waals surface area contributed by atoms with Crippen molar-refractivity contribution >= 4 is 29.5 Å². The van der Waals surface area contributed by atoms with Crippen molar-refractivity contribution in [3.8, 4) is 0 Å². The number of aldehydes is 1. The van der Waals surface area contributed by atoms with Crippen LogP contribution in [0.4, 0.5) is 5.69 Å². The van der Waals surface area contributed by atoms with E-state index in [1.807, 2.05) is 54.6 Å². The highest BCUT2D eigenvalue weighted by atomic mass is 35.5. The molecule has 0 heterocycles. The summed E-state index contributed by atoms with van der Waals surface area (Å²) in [6.45, 7) is 0.0900. The van der Waals surface area contributed by atoms with Crippen molar-refractivity contribution in [2.24, 2.45) is 5.92 Å². The lowest BCUT2D eigenvalue weighted by Gasteiger charge is -2.20. The molecule has 4 heteroatoms. The van der Waals surface area contributed by atoms with Crippen LogP contribution in [0.5, 0.6) is 0 Å². The van der Waals surface area contributed by atoms with Crippen molar-refractivity contribution in [3.05, 3.63) is 65.2 Å². The average Bonchev–Trinajstić information content (AvgIpc) is 3.34. The molecule has 0 aromatic heterocycles. The van der Waals surface area contributed by atoms with Gasteiger partial charge in [0.15, 0.2) is 0 Å². The number of anilines is 1. The SMILES string of the molecule is O=CCN(C(=O)C1C[C@@H]1c1ccc(Cl)cc1)c1ccccc1. The molecule has 0 N–H and O–H groups in total. The van der Waals surface area contributed by atoms with E-state index in [1.165, 1.54) is 0 Å². The van der Waals surface area contributed by atoms with E-state index < -0.39 is 0 Å². The Hall–Kier alpha value is -2.13. The molecule has 2 aromatic rings. The van der Waals surface area contributed by atoms with Gasteiger partial charge in [0.2, 0.25) is 5.91 Å². The number of nitrogens with zero attached hydrogens (tertiary/aromatic N) is 1. The van der Waals surface area contributed by atoms with Gasteiger partial charge in [0, 0.05) is 16.6 Å². The van der Waals surface area contributed by atoms with Gasteiger partial charge in [-0.25, -0.2) is 0 Å². The Morgan fingerprint density at radius 2 is 1.82 bits per heavy atom. The third kappa shape index (κ3) is 3.04. The summed E-state index contributed by atoms with van der Waals surface area (Å²) < 4.78 is 0. The Morgan fingerprint density at radius 3 is 2.45 bits per heavy atom. The molecule has 2 atom stereocenters. The van der Waals surface area contributed by atoms with Crippen LogP contribution in [0.2, 0.25) is 5.02 Å². The summed E-state index contributed by atoms with van der Waals surface area (Å²) in [4.78, 5) is 25.2. The maximum atomic E-state index is 12.7. The molecule has 112 valence electrons. The van der Waals surface area contributed by atoms with Crippen LogP contribution >= 0.6 is 11.6 Å². The van der Waals surface area contributed by atoms with Crippen LogP contribution in [0.25, 0.3) is 0 Å². The zero-order chi connectivity index (χ0) is 15.5. The molecule has 0 spiro atoms. The Morgan fingerprint density at radius 1 is 1.14 bits per heavy atom. The van der Waals surface area contributed by atoms with Gasteiger partial charge in [0.1, 0.15) is 6.29 Å². The fraction of sp³-hybridized carbons (Fsp3) is 0.222. The van der Waals surface area contributed by atoms with Gasteiger partial charge in [-0.05, 0) is 42.2 Å². The molecule has 1 unspecified atom stereocenters. The van der Waals surface area contributed by atoms with E-state index in [0.717, 1.165) is 24.0 Å². The van der Waals surface area contributed by atoms with Gasteiger partial charge >= 0.3 is 0 Å². The summed E-state index contributed by atoms with van der Waals surface area (Å²) in [6, 6.07) is 16.9. The topological polar surface area (TPSA) is 37.4 Å². The second-order valence-corrected chi connectivity index (χ2v) is 5.89. The fourth-order valence-corrected chi connectivity index (χ4v) is 2.88. The minimum Gasteiger partial charge on any atom is -0.305 e. The first-order chi connectivity index (χ1) is 10.7. The van der Waals surface area contributed by atoms with Crippen LogP contribution in [-0.4, -0.2) is 18.7 Å². The molecule has 22 heavy (non-hydrogen) atoms. The Kier molecular flexibility index (Phi) is 4.25. The van der Waals surface area contributed by atoms with Gasteiger partial charge in [-0.3, -0.25) is 4.79 Å². The third-order valence-corrected chi connectivity index (χ3v) is 4.25. The first kappa shape index (κ1) is 14.8. The number of rotatable bonds is 5. The number of hydrogen-bond donors (Lipinski definition) is 0. The number of carbonyl (C=O) groups is 2. The van der Waals surface area contributed by atoms with Crippen molar-refractivity contribution in [2.45, 2.75) is 12.3 Å². The van der Waals surface area contributed by atoms with E-state index in [4.69, 9.17) is 11.6 Å². The summed E-state index contributed by atoms with van der Waals surface area (Å²) in [5, 5.41) is 0.694. The number of carbonyl (C=O) groups excluding carboxylic acids is 2. The summed E-state index contributed by atoms with van der Waals surface area (Å²) in [5.41, 5.74) is 1.89. The predicted molar refractivity (Wildman–Crippen MR) is 87.2 cm³/mol. The molecule has 1 amide bonds. The lowest BCUT2D eigenvalue weighted by Crippen LogP contribution is -2.34. The maximum Gasteiger partial charge on any atom is 0.231 e. The predicted octanol–water partition coefficient (Wildman–Crippen LogP) is 3.68. The van der Waals surface area contributed by atoms with Crippen LogP contribution in [0.15, 0.2) is 54.6 Å².